The Morgan fingerprint density at radius 1 is 0.920 bits per heavy atom. The number of hydrogen-bond donors (Lipinski definition) is 2. The first-order valence-corrected chi connectivity index (χ1v) is 8.76. The molecule has 1 aliphatic rings. The molecule has 5 rings (SSSR count). The molecule has 0 fully saturated rings. The van der Waals surface area contributed by atoms with Crippen molar-refractivity contribution in [2.24, 2.45) is 0 Å². The van der Waals surface area contributed by atoms with Crippen LogP contribution in [0.1, 0.15) is 29.7 Å². The van der Waals surface area contributed by atoms with Crippen LogP contribution in [0.15, 0.2) is 67.0 Å². The minimum Gasteiger partial charge on any atom is -0.374 e. The van der Waals surface area contributed by atoms with Crippen molar-refractivity contribution in [3.05, 3.63) is 83.7 Å². The fraction of sp³-hybridized carbons (Fsp3) is 0.136. The minimum absolute atomic E-state index is 0.108. The molecule has 3 nitrogen and oxygen atoms in total. The van der Waals surface area contributed by atoms with Gasteiger partial charge in [-0.05, 0) is 35.2 Å². The van der Waals surface area contributed by atoms with Gasteiger partial charge in [0.05, 0.1) is 6.04 Å². The number of rotatable bonds is 2. The lowest BCUT2D eigenvalue weighted by atomic mass is 9.93. The van der Waals surface area contributed by atoms with Crippen LogP contribution in [0.4, 0.5) is 5.69 Å². The second-order valence-electron chi connectivity index (χ2n) is 6.50. The smallest absolute Gasteiger partial charge is 0.138 e. The van der Waals surface area contributed by atoms with Gasteiger partial charge in [0.1, 0.15) is 5.65 Å². The van der Waals surface area contributed by atoms with Crippen LogP contribution in [0.2, 0.25) is 0 Å². The first-order valence-electron chi connectivity index (χ1n) is 8.76. The third-order valence-corrected chi connectivity index (χ3v) is 5.18. The lowest BCUT2D eigenvalue weighted by molar-refractivity contribution is 0.919. The average Bonchev–Trinajstić information content (AvgIpc) is 3.04. The summed E-state index contributed by atoms with van der Waals surface area (Å²) in [5.41, 5.74) is 8.55. The third kappa shape index (κ3) is 2.09. The van der Waals surface area contributed by atoms with Crippen LogP contribution in [0.5, 0.6) is 0 Å². The zero-order chi connectivity index (χ0) is 16.8. The molecule has 4 aromatic rings. The molecule has 2 aromatic carbocycles. The molecule has 3 heterocycles. The molecule has 1 atom stereocenters. The van der Waals surface area contributed by atoms with Crippen molar-refractivity contribution in [2.75, 3.05) is 5.32 Å². The highest BCUT2D eigenvalue weighted by molar-refractivity contribution is 6.01. The van der Waals surface area contributed by atoms with Gasteiger partial charge in [-0.2, -0.15) is 0 Å². The topological polar surface area (TPSA) is 40.7 Å². The predicted octanol–water partition coefficient (Wildman–Crippen LogP) is 5.31. The van der Waals surface area contributed by atoms with Crippen molar-refractivity contribution in [2.45, 2.75) is 19.4 Å². The Morgan fingerprint density at radius 2 is 1.76 bits per heavy atom. The maximum atomic E-state index is 4.55. The number of para-hydroxylation sites is 1. The fourth-order valence-corrected chi connectivity index (χ4v) is 3.99. The quantitative estimate of drug-likeness (QED) is 0.524. The monoisotopic (exact) mass is 325 g/mol. The van der Waals surface area contributed by atoms with Crippen LogP contribution in [-0.2, 0) is 6.42 Å². The van der Waals surface area contributed by atoms with E-state index in [-0.39, 0.29) is 6.04 Å². The van der Waals surface area contributed by atoms with E-state index < -0.39 is 0 Å². The Labute approximate surface area is 146 Å². The van der Waals surface area contributed by atoms with Crippen LogP contribution < -0.4 is 5.32 Å². The highest BCUT2D eigenvalue weighted by atomic mass is 14.9. The van der Waals surface area contributed by atoms with Crippen LogP contribution >= 0.6 is 0 Å². The Balaban J connectivity index is 1.85. The number of H-pyrrole nitrogens is 1. The van der Waals surface area contributed by atoms with Crippen molar-refractivity contribution in [3.8, 4) is 11.1 Å². The molecule has 1 unspecified atom stereocenters. The van der Waals surface area contributed by atoms with Gasteiger partial charge in [-0.25, -0.2) is 4.98 Å². The van der Waals surface area contributed by atoms with Gasteiger partial charge in [-0.15, -0.1) is 0 Å². The van der Waals surface area contributed by atoms with E-state index >= 15 is 0 Å². The highest BCUT2D eigenvalue weighted by Crippen LogP contribution is 2.43. The van der Waals surface area contributed by atoms with E-state index in [4.69, 9.17) is 0 Å². The number of pyridine rings is 1. The number of fused-ring (bicyclic) bond motifs is 2. The van der Waals surface area contributed by atoms with Crippen molar-refractivity contribution in [3.63, 3.8) is 0 Å². The second-order valence-corrected chi connectivity index (χ2v) is 6.50. The van der Waals surface area contributed by atoms with Gasteiger partial charge in [0.2, 0.25) is 0 Å². The van der Waals surface area contributed by atoms with Crippen molar-refractivity contribution >= 4 is 16.7 Å². The summed E-state index contributed by atoms with van der Waals surface area (Å²) in [6, 6.07) is 19.5. The summed E-state index contributed by atoms with van der Waals surface area (Å²) >= 11 is 0. The van der Waals surface area contributed by atoms with E-state index in [1.165, 1.54) is 38.9 Å². The Bertz CT molecular complexity index is 1080. The van der Waals surface area contributed by atoms with E-state index in [9.17, 15) is 0 Å². The maximum absolute atomic E-state index is 4.55. The van der Waals surface area contributed by atoms with Crippen LogP contribution in [0, 0.1) is 0 Å². The zero-order valence-corrected chi connectivity index (χ0v) is 14.1. The summed E-state index contributed by atoms with van der Waals surface area (Å²) in [5.74, 6) is 0. The number of nitrogens with zero attached hydrogens (tertiary/aromatic N) is 1. The number of benzene rings is 2. The molecule has 0 radical (unpaired) electrons. The van der Waals surface area contributed by atoms with Gasteiger partial charge < -0.3 is 10.3 Å². The Morgan fingerprint density at radius 3 is 2.68 bits per heavy atom. The molecule has 3 heteroatoms. The van der Waals surface area contributed by atoms with Gasteiger partial charge in [0.25, 0.3) is 0 Å². The van der Waals surface area contributed by atoms with Crippen molar-refractivity contribution in [1.29, 1.82) is 0 Å². The molecule has 0 amide bonds. The number of hydrogen-bond acceptors (Lipinski definition) is 2. The first-order chi connectivity index (χ1) is 12.4. The normalized spacial score (nSPS) is 15.5. The molecular weight excluding hydrogens is 306 g/mol. The molecule has 0 saturated carbocycles. The molecule has 1 aliphatic heterocycles. The lowest BCUT2D eigenvalue weighted by Crippen LogP contribution is -2.13. The van der Waals surface area contributed by atoms with Crippen LogP contribution in [0.25, 0.3) is 22.2 Å². The molecule has 0 saturated heterocycles. The predicted molar refractivity (Wildman–Crippen MR) is 103 cm³/mol. The van der Waals surface area contributed by atoms with Gasteiger partial charge in [-0.1, -0.05) is 49.4 Å². The van der Waals surface area contributed by atoms with Gasteiger partial charge in [0, 0.05) is 34.6 Å². The van der Waals surface area contributed by atoms with Crippen LogP contribution in [-0.4, -0.2) is 9.97 Å². The number of nitrogens with one attached hydrogen (secondary N) is 2. The first kappa shape index (κ1) is 14.3. The van der Waals surface area contributed by atoms with E-state index in [1.807, 2.05) is 6.20 Å². The van der Waals surface area contributed by atoms with Crippen molar-refractivity contribution < 1.29 is 0 Å². The average molecular weight is 325 g/mol. The zero-order valence-electron chi connectivity index (χ0n) is 14.1. The summed E-state index contributed by atoms with van der Waals surface area (Å²) in [4.78, 5) is 7.91. The number of aryl methyl sites for hydroxylation is 1. The molecule has 0 aliphatic carbocycles. The molecular formula is C22H19N3. The Hall–Kier alpha value is -3.07. The minimum atomic E-state index is 0.108. The number of aromatic amines is 1. The molecule has 122 valence electrons. The summed E-state index contributed by atoms with van der Waals surface area (Å²) < 4.78 is 0. The van der Waals surface area contributed by atoms with E-state index in [2.05, 4.69) is 83.0 Å². The molecule has 2 N–H and O–H groups in total. The van der Waals surface area contributed by atoms with Gasteiger partial charge in [0.15, 0.2) is 0 Å². The third-order valence-electron chi connectivity index (χ3n) is 5.18. The van der Waals surface area contributed by atoms with E-state index in [0.29, 0.717) is 0 Å². The van der Waals surface area contributed by atoms with E-state index in [1.54, 1.807) is 0 Å². The van der Waals surface area contributed by atoms with Crippen molar-refractivity contribution in [1.82, 2.24) is 9.97 Å². The molecule has 2 aromatic heterocycles. The number of anilines is 1. The van der Waals surface area contributed by atoms with Crippen LogP contribution in [0.3, 0.4) is 0 Å². The number of aromatic nitrogens is 2. The molecule has 0 bridgehead atoms. The van der Waals surface area contributed by atoms with Gasteiger partial charge in [-0.3, -0.25) is 0 Å². The second kappa shape index (κ2) is 5.49. The largest absolute Gasteiger partial charge is 0.374 e. The van der Waals surface area contributed by atoms with Gasteiger partial charge >= 0.3 is 0 Å². The summed E-state index contributed by atoms with van der Waals surface area (Å²) in [5, 5.41) is 5.01. The Kier molecular flexibility index (Phi) is 3.14. The highest BCUT2D eigenvalue weighted by Gasteiger charge is 2.26. The fourth-order valence-electron chi connectivity index (χ4n) is 3.99. The molecule has 0 spiro atoms. The standard InChI is InChI=1S/C22H19N3/c1-2-14-7-3-4-8-15(14)21-18-13-24-22-20(18)17(11-12-23-22)16-9-5-6-10-19(16)25-21/h3-13,21,25H,2H2,1H3,(H,23,24). The maximum Gasteiger partial charge on any atom is 0.138 e. The lowest BCUT2D eigenvalue weighted by Gasteiger charge is -2.22. The SMILES string of the molecule is CCc1ccccc1C1Nc2ccccc2-c2ccnc3[nH]cc1c23. The summed E-state index contributed by atoms with van der Waals surface area (Å²) in [6.45, 7) is 2.21. The van der Waals surface area contributed by atoms with E-state index in [0.717, 1.165) is 12.1 Å². The summed E-state index contributed by atoms with van der Waals surface area (Å²) in [7, 11) is 0. The molecule has 25 heavy (non-hydrogen) atoms. The summed E-state index contributed by atoms with van der Waals surface area (Å²) in [6.07, 6.45) is 5.01.